The van der Waals surface area contributed by atoms with Crippen molar-refractivity contribution in [2.45, 2.75) is 65.5 Å². The summed E-state index contributed by atoms with van der Waals surface area (Å²) in [6, 6.07) is 5.07. The van der Waals surface area contributed by atoms with Gasteiger partial charge in [-0.05, 0) is 64.5 Å². The lowest BCUT2D eigenvalue weighted by Gasteiger charge is -2.39. The molecule has 0 spiro atoms. The molecule has 1 saturated heterocycles. The topological polar surface area (TPSA) is 84.9 Å². The number of hydrogen-bond acceptors (Lipinski definition) is 5. The first-order valence-corrected chi connectivity index (χ1v) is 9.95. The number of esters is 1. The molecule has 1 fully saturated rings. The first-order valence-electron chi connectivity index (χ1n) is 9.95. The highest BCUT2D eigenvalue weighted by atomic mass is 16.6. The Labute approximate surface area is 172 Å². The van der Waals surface area contributed by atoms with E-state index in [1.807, 2.05) is 32.0 Å². The molecule has 1 aliphatic heterocycles. The molecule has 29 heavy (non-hydrogen) atoms. The fourth-order valence-electron chi connectivity index (χ4n) is 3.55. The highest BCUT2D eigenvalue weighted by Crippen LogP contribution is 2.29. The van der Waals surface area contributed by atoms with Crippen molar-refractivity contribution in [3.8, 4) is 0 Å². The van der Waals surface area contributed by atoms with Gasteiger partial charge in [0, 0.05) is 18.7 Å². The van der Waals surface area contributed by atoms with Gasteiger partial charge in [-0.3, -0.25) is 14.5 Å². The number of piperidine rings is 1. The summed E-state index contributed by atoms with van der Waals surface area (Å²) in [5.41, 5.74) is 1.98. The number of carbonyl (C=O) groups is 3. The van der Waals surface area contributed by atoms with Gasteiger partial charge in [0.1, 0.15) is 11.6 Å². The second-order valence-corrected chi connectivity index (χ2v) is 8.62. The van der Waals surface area contributed by atoms with E-state index in [4.69, 9.17) is 9.47 Å². The molecule has 0 aliphatic carbocycles. The standard InChI is InChI=1S/C22H32N2O5/c1-14-8-7-9-15(2)19(14)23-20(26)17-12-16(13-18(25)28-6)10-11-24(17)21(27)29-22(3,4)5/h7-9,16-17H,10-13H2,1-6H3,(H,23,26)/t16?,17-/m0/s1. The third-order valence-electron chi connectivity index (χ3n) is 5.05. The number of anilines is 1. The van der Waals surface area contributed by atoms with E-state index in [2.05, 4.69) is 5.32 Å². The van der Waals surface area contributed by atoms with E-state index in [0.717, 1.165) is 16.8 Å². The summed E-state index contributed by atoms with van der Waals surface area (Å²) < 4.78 is 10.3. The molecule has 0 bridgehead atoms. The fourth-order valence-corrected chi connectivity index (χ4v) is 3.55. The van der Waals surface area contributed by atoms with Gasteiger partial charge in [0.05, 0.1) is 7.11 Å². The molecule has 2 amide bonds. The average Bonchev–Trinajstić information content (AvgIpc) is 2.63. The molecule has 1 heterocycles. The molecule has 1 aromatic carbocycles. The van der Waals surface area contributed by atoms with Crippen molar-refractivity contribution in [3.05, 3.63) is 29.3 Å². The van der Waals surface area contributed by atoms with Crippen molar-refractivity contribution in [1.29, 1.82) is 0 Å². The third kappa shape index (κ3) is 6.21. The molecular formula is C22H32N2O5. The maximum absolute atomic E-state index is 13.2. The van der Waals surface area contributed by atoms with Crippen molar-refractivity contribution < 1.29 is 23.9 Å². The predicted octanol–water partition coefficient (Wildman–Crippen LogP) is 3.82. The molecule has 1 aliphatic rings. The molecule has 7 heteroatoms. The van der Waals surface area contributed by atoms with E-state index in [9.17, 15) is 14.4 Å². The predicted molar refractivity (Wildman–Crippen MR) is 111 cm³/mol. The number of likely N-dealkylation sites (tertiary alicyclic amines) is 1. The average molecular weight is 405 g/mol. The van der Waals surface area contributed by atoms with Crippen LogP contribution in [-0.4, -0.2) is 48.2 Å². The normalized spacial score (nSPS) is 19.4. The van der Waals surface area contributed by atoms with Crippen molar-refractivity contribution in [3.63, 3.8) is 0 Å². The SMILES string of the molecule is COC(=O)CC1CCN(C(=O)OC(C)(C)C)[C@H](C(=O)Nc2c(C)cccc2C)C1. The largest absolute Gasteiger partial charge is 0.469 e. The summed E-state index contributed by atoms with van der Waals surface area (Å²) in [5.74, 6) is -0.618. The zero-order valence-corrected chi connectivity index (χ0v) is 18.2. The summed E-state index contributed by atoms with van der Waals surface area (Å²) in [5, 5.41) is 2.98. The first kappa shape index (κ1) is 22.7. The number of nitrogens with one attached hydrogen (secondary N) is 1. The Balaban J connectivity index is 2.24. The number of rotatable bonds is 4. The van der Waals surface area contributed by atoms with Crippen LogP contribution in [0.2, 0.25) is 0 Å². The number of nitrogens with zero attached hydrogens (tertiary/aromatic N) is 1. The second-order valence-electron chi connectivity index (χ2n) is 8.62. The lowest BCUT2D eigenvalue weighted by Crippen LogP contribution is -2.53. The zero-order chi connectivity index (χ0) is 21.8. The molecule has 1 aromatic rings. The number of carbonyl (C=O) groups excluding carboxylic acids is 3. The Kier molecular flexibility index (Phi) is 7.27. The van der Waals surface area contributed by atoms with E-state index in [1.54, 1.807) is 20.8 Å². The highest BCUT2D eigenvalue weighted by molar-refractivity contribution is 5.97. The molecule has 2 atom stereocenters. The Hall–Kier alpha value is -2.57. The van der Waals surface area contributed by atoms with Crippen molar-refractivity contribution in [2.75, 3.05) is 19.0 Å². The highest BCUT2D eigenvalue weighted by Gasteiger charge is 2.39. The molecule has 0 radical (unpaired) electrons. The van der Waals surface area contributed by atoms with Gasteiger partial charge in [-0.2, -0.15) is 0 Å². The molecule has 7 nitrogen and oxygen atoms in total. The van der Waals surface area contributed by atoms with Crippen LogP contribution in [0, 0.1) is 19.8 Å². The summed E-state index contributed by atoms with van der Waals surface area (Å²) in [4.78, 5) is 39.1. The van der Waals surface area contributed by atoms with Crippen LogP contribution in [0.5, 0.6) is 0 Å². The molecule has 1 N–H and O–H groups in total. The van der Waals surface area contributed by atoms with Gasteiger partial charge in [0.15, 0.2) is 0 Å². The van der Waals surface area contributed by atoms with Crippen LogP contribution in [0.25, 0.3) is 0 Å². The summed E-state index contributed by atoms with van der Waals surface area (Å²) in [7, 11) is 1.35. The number of benzene rings is 1. The quantitative estimate of drug-likeness (QED) is 0.771. The monoisotopic (exact) mass is 404 g/mol. The van der Waals surface area contributed by atoms with Gasteiger partial charge >= 0.3 is 12.1 Å². The summed E-state index contributed by atoms with van der Waals surface area (Å²) in [6.07, 6.45) is 0.703. The van der Waals surface area contributed by atoms with Crippen molar-refractivity contribution in [1.82, 2.24) is 4.90 Å². The number of aryl methyl sites for hydroxylation is 2. The maximum atomic E-state index is 13.2. The second kappa shape index (κ2) is 9.29. The lowest BCUT2D eigenvalue weighted by molar-refractivity contribution is -0.142. The summed E-state index contributed by atoms with van der Waals surface area (Å²) >= 11 is 0. The number of hydrogen-bond donors (Lipinski definition) is 1. The van der Waals surface area contributed by atoms with Crippen molar-refractivity contribution in [2.24, 2.45) is 5.92 Å². The van der Waals surface area contributed by atoms with E-state index in [-0.39, 0.29) is 24.2 Å². The molecular weight excluding hydrogens is 372 g/mol. The van der Waals surface area contributed by atoms with Crippen LogP contribution in [0.3, 0.4) is 0 Å². The van der Waals surface area contributed by atoms with Crippen LogP contribution in [0.4, 0.5) is 10.5 Å². The van der Waals surface area contributed by atoms with Crippen LogP contribution in [-0.2, 0) is 19.1 Å². The number of ether oxygens (including phenoxy) is 2. The molecule has 2 rings (SSSR count). The van der Waals surface area contributed by atoms with E-state index in [1.165, 1.54) is 12.0 Å². The minimum absolute atomic E-state index is 0.0325. The Morgan fingerprint density at radius 1 is 1.17 bits per heavy atom. The fraction of sp³-hybridized carbons (Fsp3) is 0.591. The van der Waals surface area contributed by atoms with Gasteiger partial charge in [-0.25, -0.2) is 4.79 Å². The Morgan fingerprint density at radius 2 is 1.79 bits per heavy atom. The minimum Gasteiger partial charge on any atom is -0.469 e. The number of para-hydroxylation sites is 1. The minimum atomic E-state index is -0.715. The van der Waals surface area contributed by atoms with Crippen molar-refractivity contribution >= 4 is 23.7 Å². The van der Waals surface area contributed by atoms with E-state index in [0.29, 0.717) is 19.4 Å². The van der Waals surface area contributed by atoms with Crippen LogP contribution >= 0.6 is 0 Å². The first-order chi connectivity index (χ1) is 13.5. The Morgan fingerprint density at radius 3 is 2.34 bits per heavy atom. The van der Waals surface area contributed by atoms with E-state index < -0.39 is 17.7 Å². The third-order valence-corrected chi connectivity index (χ3v) is 5.05. The molecule has 0 saturated carbocycles. The smallest absolute Gasteiger partial charge is 0.410 e. The Bertz CT molecular complexity index is 749. The van der Waals surface area contributed by atoms with Gasteiger partial charge in [0.25, 0.3) is 0 Å². The van der Waals surface area contributed by atoms with Crippen LogP contribution < -0.4 is 5.32 Å². The van der Waals surface area contributed by atoms with Gasteiger partial charge < -0.3 is 14.8 Å². The van der Waals surface area contributed by atoms with Gasteiger partial charge in [0.2, 0.25) is 5.91 Å². The van der Waals surface area contributed by atoms with Gasteiger partial charge in [-0.15, -0.1) is 0 Å². The lowest BCUT2D eigenvalue weighted by atomic mass is 9.88. The number of amides is 2. The van der Waals surface area contributed by atoms with Crippen LogP contribution in [0.1, 0.15) is 51.2 Å². The molecule has 1 unspecified atom stereocenters. The summed E-state index contributed by atoms with van der Waals surface area (Å²) in [6.45, 7) is 9.58. The van der Waals surface area contributed by atoms with E-state index >= 15 is 0 Å². The zero-order valence-electron chi connectivity index (χ0n) is 18.2. The van der Waals surface area contributed by atoms with Gasteiger partial charge in [-0.1, -0.05) is 18.2 Å². The maximum Gasteiger partial charge on any atom is 0.410 e. The molecule has 0 aromatic heterocycles. The number of methoxy groups -OCH3 is 1. The molecule has 160 valence electrons. The van der Waals surface area contributed by atoms with Crippen LogP contribution in [0.15, 0.2) is 18.2 Å².